The molecule has 0 saturated heterocycles. The average molecular weight is 675 g/mol. The molecule has 1 heterocycles. The van der Waals surface area contributed by atoms with E-state index in [4.69, 9.17) is 18.9 Å². The Morgan fingerprint density at radius 1 is 1.13 bits per heavy atom. The number of methoxy groups -OCH3 is 1. The number of nitro benzene ring substituents is 1. The molecule has 2 aromatic carbocycles. The average Bonchev–Trinajstić information content (AvgIpc) is 3.01. The second kappa shape index (κ2) is 18.3. The number of benzene rings is 2. The number of unbranched alkanes of at least 4 members (excludes halogenated alkanes) is 1. The first-order valence-electron chi connectivity index (χ1n) is 14.6. The number of ether oxygens (including phenoxy) is 4. The van der Waals surface area contributed by atoms with Crippen LogP contribution in [0.5, 0.6) is 17.2 Å². The Morgan fingerprint density at radius 3 is 2.51 bits per heavy atom. The summed E-state index contributed by atoms with van der Waals surface area (Å²) in [4.78, 5) is 37.5. The van der Waals surface area contributed by atoms with Gasteiger partial charge in [0.25, 0.3) is 5.69 Å². The van der Waals surface area contributed by atoms with E-state index in [0.29, 0.717) is 25.1 Å². The van der Waals surface area contributed by atoms with E-state index in [2.05, 4.69) is 10.6 Å². The summed E-state index contributed by atoms with van der Waals surface area (Å²) in [6, 6.07) is 12.0. The van der Waals surface area contributed by atoms with Gasteiger partial charge in [-0.2, -0.15) is 5.26 Å². The summed E-state index contributed by atoms with van der Waals surface area (Å²) in [5.74, 6) is -2.27. The van der Waals surface area contributed by atoms with E-state index in [1.165, 1.54) is 37.3 Å². The monoisotopic (exact) mass is 674 g/mol. The minimum atomic E-state index is -1.27. The fraction of sp³-hybridized carbons (Fsp3) is 0.406. The number of halogens is 1. The summed E-state index contributed by atoms with van der Waals surface area (Å²) in [6.45, 7) is 5.87. The molecule has 0 saturated carbocycles. The number of aliphatic hydroxyl groups is 1. The summed E-state index contributed by atoms with van der Waals surface area (Å²) < 4.78 is 21.9. The zero-order valence-corrected chi connectivity index (χ0v) is 27.3. The van der Waals surface area contributed by atoms with Crippen molar-refractivity contribution in [2.75, 3.05) is 33.4 Å². The van der Waals surface area contributed by atoms with Gasteiger partial charge in [0.15, 0.2) is 0 Å². The van der Waals surface area contributed by atoms with Gasteiger partial charge in [0.05, 0.1) is 41.8 Å². The first kappa shape index (κ1) is 38.3. The Balaban J connectivity index is 0.00000768. The number of non-ortho nitro benzene ring substituents is 1. The number of dihydropyridines is 1. The smallest absolute Gasteiger partial charge is 0.337 e. The number of allylic oxidation sites excluding steroid dienone is 2. The lowest BCUT2D eigenvalue weighted by molar-refractivity contribution is -0.384. The van der Waals surface area contributed by atoms with Crippen LogP contribution in [0.15, 0.2) is 65.0 Å². The Morgan fingerprint density at radius 2 is 1.87 bits per heavy atom. The molecule has 0 fully saturated rings. The van der Waals surface area contributed by atoms with Crippen LogP contribution in [0.3, 0.4) is 0 Å². The van der Waals surface area contributed by atoms with Crippen molar-refractivity contribution in [3.8, 4) is 23.3 Å². The zero-order chi connectivity index (χ0) is 33.8. The molecule has 0 spiro atoms. The molecule has 2 atom stereocenters. The SMILES string of the molecule is COC(=O)C1=C(C#N)NC(C)=C(C(=O)OC(C)C)C1c1cc([N+](=O)[O-])ccc1OCCCCNCC(O)COc1cccc(O)c1.Cl. The number of nitro groups is 1. The highest BCUT2D eigenvalue weighted by Crippen LogP contribution is 2.44. The molecule has 14 nitrogen and oxygen atoms in total. The van der Waals surface area contributed by atoms with E-state index in [9.17, 15) is 35.2 Å². The van der Waals surface area contributed by atoms with Crippen LogP contribution in [0.1, 0.15) is 45.1 Å². The topological polar surface area (TPSA) is 203 Å². The molecular weight excluding hydrogens is 636 g/mol. The van der Waals surface area contributed by atoms with Crippen molar-refractivity contribution in [2.24, 2.45) is 0 Å². The maximum absolute atomic E-state index is 13.3. The van der Waals surface area contributed by atoms with Gasteiger partial charge in [-0.15, -0.1) is 12.4 Å². The van der Waals surface area contributed by atoms with Gasteiger partial charge < -0.3 is 39.8 Å². The molecule has 0 amide bonds. The van der Waals surface area contributed by atoms with Gasteiger partial charge in [-0.3, -0.25) is 10.1 Å². The summed E-state index contributed by atoms with van der Waals surface area (Å²) in [7, 11) is 1.12. The summed E-state index contributed by atoms with van der Waals surface area (Å²) in [5.41, 5.74) is -0.367. The van der Waals surface area contributed by atoms with E-state index in [1.807, 2.05) is 6.07 Å². The second-order valence-electron chi connectivity index (χ2n) is 10.6. The third-order valence-corrected chi connectivity index (χ3v) is 6.80. The van der Waals surface area contributed by atoms with Crippen LogP contribution in [-0.2, 0) is 19.1 Å². The fourth-order valence-corrected chi connectivity index (χ4v) is 4.74. The maximum atomic E-state index is 13.3. The van der Waals surface area contributed by atoms with Gasteiger partial charge in [0, 0.05) is 36.0 Å². The molecule has 254 valence electrons. The number of carbonyl (C=O) groups excluding carboxylic acids is 2. The Hall–Kier alpha value is -4.84. The third-order valence-electron chi connectivity index (χ3n) is 6.80. The number of nitriles is 1. The van der Waals surface area contributed by atoms with Gasteiger partial charge in [0.1, 0.15) is 41.7 Å². The zero-order valence-electron chi connectivity index (χ0n) is 26.5. The number of carbonyl (C=O) groups is 2. The van der Waals surface area contributed by atoms with Gasteiger partial charge >= 0.3 is 11.9 Å². The number of nitrogens with zero attached hydrogens (tertiary/aromatic N) is 2. The summed E-state index contributed by atoms with van der Waals surface area (Å²) >= 11 is 0. The van der Waals surface area contributed by atoms with Crippen LogP contribution < -0.4 is 20.1 Å². The predicted molar refractivity (Wildman–Crippen MR) is 172 cm³/mol. The van der Waals surface area contributed by atoms with Crippen molar-refractivity contribution in [1.82, 2.24) is 10.6 Å². The highest BCUT2D eigenvalue weighted by Gasteiger charge is 2.41. The minimum absolute atomic E-state index is 0. The number of phenols is 1. The molecule has 0 bridgehead atoms. The van der Waals surface area contributed by atoms with Crippen molar-refractivity contribution in [3.05, 3.63) is 80.7 Å². The van der Waals surface area contributed by atoms with E-state index >= 15 is 0 Å². The number of hydrogen-bond donors (Lipinski definition) is 4. The number of hydrogen-bond acceptors (Lipinski definition) is 13. The molecule has 1 aliphatic rings. The van der Waals surface area contributed by atoms with Crippen LogP contribution in [-0.4, -0.2) is 72.7 Å². The number of rotatable bonds is 16. The molecule has 2 unspecified atom stereocenters. The minimum Gasteiger partial charge on any atom is -0.508 e. The van der Waals surface area contributed by atoms with Crippen molar-refractivity contribution in [3.63, 3.8) is 0 Å². The van der Waals surface area contributed by atoms with Crippen LogP contribution in [0.25, 0.3) is 0 Å². The fourth-order valence-electron chi connectivity index (χ4n) is 4.74. The summed E-state index contributed by atoms with van der Waals surface area (Å²) in [5, 5.41) is 47.2. The van der Waals surface area contributed by atoms with Crippen LogP contribution in [0, 0.1) is 21.4 Å². The van der Waals surface area contributed by atoms with E-state index in [-0.39, 0.29) is 77.5 Å². The largest absolute Gasteiger partial charge is 0.508 e. The number of phenolic OH excluding ortho intramolecular Hbond substituents is 1. The van der Waals surface area contributed by atoms with Crippen LogP contribution in [0.2, 0.25) is 0 Å². The molecule has 4 N–H and O–H groups in total. The lowest BCUT2D eigenvalue weighted by Crippen LogP contribution is -2.33. The molecule has 3 rings (SSSR count). The highest BCUT2D eigenvalue weighted by atomic mass is 35.5. The van der Waals surface area contributed by atoms with Gasteiger partial charge in [-0.05, 0) is 58.4 Å². The van der Waals surface area contributed by atoms with Gasteiger partial charge in [-0.1, -0.05) is 6.07 Å². The van der Waals surface area contributed by atoms with Crippen molar-refractivity contribution in [1.29, 1.82) is 5.26 Å². The van der Waals surface area contributed by atoms with E-state index < -0.39 is 35.0 Å². The van der Waals surface area contributed by atoms with Crippen molar-refractivity contribution >= 4 is 30.0 Å². The number of esters is 2. The lowest BCUT2D eigenvalue weighted by atomic mass is 9.79. The predicted octanol–water partition coefficient (Wildman–Crippen LogP) is 3.77. The normalized spacial score (nSPS) is 14.8. The molecule has 15 heteroatoms. The van der Waals surface area contributed by atoms with Gasteiger partial charge in [-0.25, -0.2) is 9.59 Å². The molecule has 47 heavy (non-hydrogen) atoms. The Bertz CT molecular complexity index is 1540. The van der Waals surface area contributed by atoms with Crippen molar-refractivity contribution < 1.29 is 43.7 Å². The molecule has 2 aromatic rings. The molecule has 0 aromatic heterocycles. The molecular formula is C32H39ClN4O10. The quantitative estimate of drug-likeness (QED) is 0.0868. The molecule has 1 aliphatic heterocycles. The maximum Gasteiger partial charge on any atom is 0.337 e. The second-order valence-corrected chi connectivity index (χ2v) is 10.6. The molecule has 0 radical (unpaired) electrons. The lowest BCUT2D eigenvalue weighted by Gasteiger charge is -2.30. The number of aromatic hydroxyl groups is 1. The molecule has 0 aliphatic carbocycles. The Kier molecular flexibility index (Phi) is 15.0. The highest BCUT2D eigenvalue weighted by molar-refractivity contribution is 6.00. The van der Waals surface area contributed by atoms with Crippen LogP contribution >= 0.6 is 12.4 Å². The first-order valence-corrected chi connectivity index (χ1v) is 14.6. The van der Waals surface area contributed by atoms with Gasteiger partial charge in [0.2, 0.25) is 0 Å². The van der Waals surface area contributed by atoms with Crippen LogP contribution in [0.4, 0.5) is 5.69 Å². The summed E-state index contributed by atoms with van der Waals surface area (Å²) in [6.07, 6.45) is -0.106. The number of nitrogens with one attached hydrogen (secondary N) is 2. The Labute approximate surface area is 278 Å². The standard InChI is InChI=1S/C32H38N4O10.ClH/c1-19(2)46-32(40)28-20(3)35-26(16-33)30(31(39)43-4)29(28)25-14-21(36(41)42)10-11-27(25)44-13-6-5-12-34-17-23(38)18-45-24-9-7-8-22(37)15-24;/h7-11,14-15,19,23,29,34-35,37-38H,5-6,12-13,17-18H2,1-4H3;1H. The van der Waals surface area contributed by atoms with E-state index in [0.717, 1.165) is 7.11 Å². The number of aliphatic hydroxyl groups excluding tert-OH is 1. The van der Waals surface area contributed by atoms with Crippen molar-refractivity contribution in [2.45, 2.75) is 51.7 Å². The first-order chi connectivity index (χ1) is 22.0. The van der Waals surface area contributed by atoms with E-state index in [1.54, 1.807) is 26.0 Å². The third kappa shape index (κ3) is 10.6.